The molecule has 0 spiro atoms. The van der Waals surface area contributed by atoms with Crippen molar-refractivity contribution in [3.05, 3.63) is 65.2 Å². The van der Waals surface area contributed by atoms with E-state index in [1.807, 2.05) is 30.3 Å². The van der Waals surface area contributed by atoms with Crippen LogP contribution >= 0.6 is 0 Å². The number of nitrogens with one attached hydrogen (secondary N) is 1. The quantitative estimate of drug-likeness (QED) is 0.368. The van der Waals surface area contributed by atoms with Gasteiger partial charge in [0.05, 0.1) is 12.7 Å². The highest BCUT2D eigenvalue weighted by atomic mass is 16.6. The average molecular weight is 496 g/mol. The van der Waals surface area contributed by atoms with E-state index in [4.69, 9.17) is 13.9 Å². The van der Waals surface area contributed by atoms with Crippen LogP contribution in [0.15, 0.2) is 51.9 Å². The fourth-order valence-corrected chi connectivity index (χ4v) is 3.44. The van der Waals surface area contributed by atoms with Crippen molar-refractivity contribution in [2.45, 2.75) is 45.3 Å². The molecule has 190 valence electrons. The van der Waals surface area contributed by atoms with Gasteiger partial charge in [-0.1, -0.05) is 30.3 Å². The van der Waals surface area contributed by atoms with Crippen molar-refractivity contribution in [1.29, 1.82) is 0 Å². The number of carbonyl (C=O) groups is 2. The summed E-state index contributed by atoms with van der Waals surface area (Å²) in [6.45, 7) is 7.02. The molecule has 0 aliphatic carbocycles. The normalized spacial score (nSPS) is 13.6. The molecule has 3 rings (SSSR count). The highest BCUT2D eigenvalue weighted by molar-refractivity contribution is 5.96. The van der Waals surface area contributed by atoms with Gasteiger partial charge in [0.15, 0.2) is 0 Å². The molecule has 0 aliphatic rings. The van der Waals surface area contributed by atoms with Crippen LogP contribution in [0.1, 0.15) is 55.2 Å². The number of hydrogen-bond acceptors (Lipinski definition) is 9. The van der Waals surface area contributed by atoms with Gasteiger partial charge in [0.1, 0.15) is 22.5 Å². The Morgan fingerprint density at radius 2 is 1.81 bits per heavy atom. The van der Waals surface area contributed by atoms with Gasteiger partial charge in [0, 0.05) is 13.5 Å². The number of carbonyl (C=O) groups excluding carboxylic acids is 1. The summed E-state index contributed by atoms with van der Waals surface area (Å²) in [4.78, 5) is 32.8. The summed E-state index contributed by atoms with van der Waals surface area (Å²) >= 11 is 0. The lowest BCUT2D eigenvalue weighted by Gasteiger charge is -2.29. The van der Waals surface area contributed by atoms with E-state index in [1.54, 1.807) is 27.7 Å². The van der Waals surface area contributed by atoms with E-state index in [0.29, 0.717) is 6.42 Å². The maximum atomic E-state index is 12.7. The monoisotopic (exact) mass is 495 g/mol. The number of nitrogens with zero attached hydrogens (tertiary/aromatic N) is 4. The van der Waals surface area contributed by atoms with E-state index in [0.717, 1.165) is 5.56 Å². The maximum Gasteiger partial charge on any atom is 0.408 e. The van der Waals surface area contributed by atoms with Gasteiger partial charge in [-0.15, -0.1) is 10.2 Å². The predicted molar refractivity (Wildman–Crippen MR) is 131 cm³/mol. The molecule has 2 N–H and O–H groups in total. The predicted octanol–water partition coefficient (Wildman–Crippen LogP) is 3.84. The summed E-state index contributed by atoms with van der Waals surface area (Å²) in [7, 11) is 2.90. The molecular formula is C25H29N5O6. The van der Waals surface area contributed by atoms with Crippen LogP contribution in [-0.2, 0) is 21.4 Å². The number of pyridine rings is 1. The Morgan fingerprint density at radius 3 is 2.39 bits per heavy atom. The zero-order valence-electron chi connectivity index (χ0n) is 21.0. The summed E-state index contributed by atoms with van der Waals surface area (Å²) in [6, 6.07) is 12.1. The molecule has 1 unspecified atom stereocenters. The lowest BCUT2D eigenvalue weighted by molar-refractivity contribution is 0.0443. The number of hydrogen-bond donors (Lipinski definition) is 2. The van der Waals surface area contributed by atoms with Gasteiger partial charge in [-0.25, -0.2) is 14.6 Å². The third-order valence-electron chi connectivity index (χ3n) is 4.98. The molecule has 0 fully saturated rings. The Labute approximate surface area is 208 Å². The number of carboxylic acids is 1. The molecule has 1 atom stereocenters. The Bertz CT molecular complexity index is 1270. The second-order valence-electron chi connectivity index (χ2n) is 9.20. The van der Waals surface area contributed by atoms with Crippen molar-refractivity contribution in [2.24, 2.45) is 4.99 Å². The van der Waals surface area contributed by atoms with Gasteiger partial charge in [-0.3, -0.25) is 4.99 Å². The molecule has 36 heavy (non-hydrogen) atoms. The number of carboxylic acid groups (broad SMARTS) is 1. The van der Waals surface area contributed by atoms with E-state index < -0.39 is 23.2 Å². The van der Waals surface area contributed by atoms with Crippen LogP contribution in [0.4, 0.5) is 4.79 Å². The Morgan fingerprint density at radius 1 is 1.11 bits per heavy atom. The van der Waals surface area contributed by atoms with Gasteiger partial charge in [0.25, 0.3) is 5.89 Å². The van der Waals surface area contributed by atoms with Crippen LogP contribution < -0.4 is 5.32 Å². The minimum Gasteiger partial charge on any atom is -0.480 e. The molecule has 2 aromatic heterocycles. The van der Waals surface area contributed by atoms with Crippen LogP contribution in [0.25, 0.3) is 11.6 Å². The Kier molecular flexibility index (Phi) is 7.71. The van der Waals surface area contributed by atoms with E-state index >= 15 is 0 Å². The highest BCUT2D eigenvalue weighted by Crippen LogP contribution is 2.28. The number of amides is 1. The van der Waals surface area contributed by atoms with Gasteiger partial charge >= 0.3 is 12.1 Å². The zero-order chi connectivity index (χ0) is 26.5. The minimum atomic E-state index is -1.17. The first kappa shape index (κ1) is 26.3. The van der Waals surface area contributed by atoms with Crippen LogP contribution in [0, 0.1) is 0 Å². The average Bonchev–Trinajstić information content (AvgIpc) is 3.30. The number of methoxy groups -OCH3 is 1. The second-order valence-corrected chi connectivity index (χ2v) is 9.20. The fourth-order valence-electron chi connectivity index (χ4n) is 3.44. The second kappa shape index (κ2) is 10.5. The van der Waals surface area contributed by atoms with Gasteiger partial charge < -0.3 is 24.3 Å². The molecule has 0 aliphatic heterocycles. The molecule has 0 saturated heterocycles. The first-order chi connectivity index (χ1) is 16.9. The summed E-state index contributed by atoms with van der Waals surface area (Å²) in [5, 5.41) is 20.7. The molecule has 3 aromatic rings. The van der Waals surface area contributed by atoms with Gasteiger partial charge in [-0.05, 0) is 45.4 Å². The van der Waals surface area contributed by atoms with Crippen molar-refractivity contribution in [3.8, 4) is 11.6 Å². The molecule has 1 aromatic carbocycles. The molecule has 0 radical (unpaired) electrons. The Balaban J connectivity index is 2.04. The third kappa shape index (κ3) is 6.44. The molecule has 11 heteroatoms. The number of rotatable bonds is 7. The molecule has 2 heterocycles. The van der Waals surface area contributed by atoms with Gasteiger partial charge in [0.2, 0.25) is 11.8 Å². The molecule has 11 nitrogen and oxygen atoms in total. The number of ether oxygens (including phenoxy) is 2. The number of benzene rings is 1. The third-order valence-corrected chi connectivity index (χ3v) is 4.98. The standard InChI is InChI=1S/C25H29N5O6/c1-24(2,3)36-23(33)28-25(4,14-15-10-8-7-9-11-15)22-30-29-20(35-22)18-13-16(21(31)32)12-17(27-18)19(26-5)34-6/h7-13H,14H2,1-6H3,(H,28,33)(H,31,32). The van der Waals surface area contributed by atoms with Gasteiger partial charge in [-0.2, -0.15) is 0 Å². The van der Waals surface area contributed by atoms with E-state index in [-0.39, 0.29) is 34.6 Å². The lowest BCUT2D eigenvalue weighted by Crippen LogP contribution is -2.47. The summed E-state index contributed by atoms with van der Waals surface area (Å²) in [5.41, 5.74) is -0.713. The number of aromatic nitrogens is 3. The molecular weight excluding hydrogens is 466 g/mol. The fraction of sp³-hybridized carbons (Fsp3) is 0.360. The largest absolute Gasteiger partial charge is 0.480 e. The van der Waals surface area contributed by atoms with E-state index in [1.165, 1.54) is 26.3 Å². The highest BCUT2D eigenvalue weighted by Gasteiger charge is 2.37. The smallest absolute Gasteiger partial charge is 0.408 e. The number of aromatic carboxylic acids is 1. The minimum absolute atomic E-state index is 0.0359. The number of alkyl carbamates (subject to hydrolysis) is 1. The summed E-state index contributed by atoms with van der Waals surface area (Å²) in [5.74, 6) is -0.982. The van der Waals surface area contributed by atoms with Crippen LogP contribution in [0.3, 0.4) is 0 Å². The van der Waals surface area contributed by atoms with E-state index in [2.05, 4.69) is 25.5 Å². The van der Waals surface area contributed by atoms with Crippen molar-refractivity contribution in [1.82, 2.24) is 20.5 Å². The zero-order valence-corrected chi connectivity index (χ0v) is 21.0. The topological polar surface area (TPSA) is 149 Å². The Hall–Kier alpha value is -4.28. The number of aliphatic imine (C=N–C) groups is 1. The first-order valence-electron chi connectivity index (χ1n) is 11.1. The van der Waals surface area contributed by atoms with Crippen LogP contribution in [0.2, 0.25) is 0 Å². The van der Waals surface area contributed by atoms with Crippen molar-refractivity contribution < 1.29 is 28.6 Å². The first-order valence-corrected chi connectivity index (χ1v) is 11.1. The maximum absolute atomic E-state index is 12.7. The molecule has 1 amide bonds. The van der Waals surface area contributed by atoms with Crippen molar-refractivity contribution in [3.63, 3.8) is 0 Å². The SMILES string of the molecule is CN=C(OC)c1cc(C(=O)O)cc(-c2nnc(C(C)(Cc3ccccc3)NC(=O)OC(C)(C)C)o2)n1. The van der Waals surface area contributed by atoms with Crippen LogP contribution in [0.5, 0.6) is 0 Å². The molecule has 0 bridgehead atoms. The summed E-state index contributed by atoms with van der Waals surface area (Å²) in [6.07, 6.45) is -0.336. The lowest BCUT2D eigenvalue weighted by atomic mass is 9.92. The van der Waals surface area contributed by atoms with Crippen LogP contribution in [-0.4, -0.2) is 58.0 Å². The summed E-state index contributed by atoms with van der Waals surface area (Å²) < 4.78 is 16.6. The van der Waals surface area contributed by atoms with Crippen molar-refractivity contribution >= 4 is 18.0 Å². The van der Waals surface area contributed by atoms with E-state index in [9.17, 15) is 14.7 Å². The molecule has 0 saturated carbocycles. The van der Waals surface area contributed by atoms with Crippen molar-refractivity contribution in [2.75, 3.05) is 14.2 Å².